The molecule has 3 aromatic rings. The van der Waals surface area contributed by atoms with Gasteiger partial charge in [0, 0.05) is 38.0 Å². The van der Waals surface area contributed by atoms with E-state index in [4.69, 9.17) is 4.74 Å². The molecule has 1 aliphatic heterocycles. The fourth-order valence-electron chi connectivity index (χ4n) is 3.63. The number of carbonyl (C=O) groups is 1. The summed E-state index contributed by atoms with van der Waals surface area (Å²) in [5, 5.41) is 11.2. The zero-order valence-corrected chi connectivity index (χ0v) is 14.8. The van der Waals surface area contributed by atoms with Crippen LogP contribution < -0.4 is 5.32 Å². The van der Waals surface area contributed by atoms with Gasteiger partial charge in [-0.2, -0.15) is 5.10 Å². The molecule has 0 bridgehead atoms. The Morgan fingerprint density at radius 3 is 3.04 bits per heavy atom. The molecule has 1 amide bonds. The normalized spacial score (nSPS) is 16.7. The van der Waals surface area contributed by atoms with Crippen LogP contribution >= 0.6 is 0 Å². The molecule has 2 N–H and O–H groups in total. The molecule has 1 saturated heterocycles. The largest absolute Gasteiger partial charge is 0.381 e. The molecule has 136 valence electrons. The molecule has 1 atom stereocenters. The summed E-state index contributed by atoms with van der Waals surface area (Å²) in [4.78, 5) is 17.2. The molecule has 7 nitrogen and oxygen atoms in total. The molecule has 0 spiro atoms. The van der Waals surface area contributed by atoms with Crippen molar-refractivity contribution in [2.75, 3.05) is 13.2 Å². The second-order valence-electron chi connectivity index (χ2n) is 6.86. The Kier molecular flexibility index (Phi) is 4.71. The van der Waals surface area contributed by atoms with E-state index in [1.165, 1.54) is 0 Å². The van der Waals surface area contributed by atoms with Gasteiger partial charge < -0.3 is 14.6 Å². The highest BCUT2D eigenvalue weighted by atomic mass is 16.5. The Morgan fingerprint density at radius 1 is 1.42 bits per heavy atom. The number of carbonyl (C=O) groups excluding carboxylic acids is 1. The maximum Gasteiger partial charge on any atom is 0.225 e. The molecule has 0 radical (unpaired) electrons. The lowest BCUT2D eigenvalue weighted by Gasteiger charge is -2.30. The Labute approximate surface area is 151 Å². The van der Waals surface area contributed by atoms with Crippen molar-refractivity contribution in [1.29, 1.82) is 0 Å². The first-order valence-corrected chi connectivity index (χ1v) is 8.97. The minimum atomic E-state index is -0.0935. The number of imidazole rings is 1. The maximum absolute atomic E-state index is 12.7. The van der Waals surface area contributed by atoms with Crippen LogP contribution in [-0.2, 0) is 23.0 Å². The molecule has 7 heteroatoms. The topological polar surface area (TPSA) is 84.8 Å². The Morgan fingerprint density at radius 2 is 2.27 bits per heavy atom. The second-order valence-corrected chi connectivity index (χ2v) is 6.86. The first-order chi connectivity index (χ1) is 12.7. The predicted molar refractivity (Wildman–Crippen MR) is 97.4 cm³/mol. The van der Waals surface area contributed by atoms with Crippen molar-refractivity contribution in [1.82, 2.24) is 25.1 Å². The van der Waals surface area contributed by atoms with E-state index >= 15 is 0 Å². The van der Waals surface area contributed by atoms with E-state index in [-0.39, 0.29) is 11.9 Å². The maximum atomic E-state index is 12.7. The highest BCUT2D eigenvalue weighted by molar-refractivity contribution is 5.83. The summed E-state index contributed by atoms with van der Waals surface area (Å²) in [7, 11) is 1.97. The number of amides is 1. The van der Waals surface area contributed by atoms with Crippen LogP contribution in [0.15, 0.2) is 36.8 Å². The van der Waals surface area contributed by atoms with Gasteiger partial charge in [-0.05, 0) is 36.5 Å². The standard InChI is InChI=1S/C19H23N5O2/c1-24-7-6-20-19(24)18(14-4-8-26-9-5-14)22-17(25)11-13-2-3-16-15(10-13)12-21-23-16/h2-3,6-7,10,12,14,18H,4-5,8-9,11H2,1H3,(H,21,23)(H,22,25)/t18-/m0/s1. The van der Waals surface area contributed by atoms with Crippen LogP contribution in [0.3, 0.4) is 0 Å². The van der Waals surface area contributed by atoms with Gasteiger partial charge in [-0.25, -0.2) is 4.98 Å². The summed E-state index contributed by atoms with van der Waals surface area (Å²) in [6, 6.07) is 5.83. The van der Waals surface area contributed by atoms with Crippen LogP contribution in [0.25, 0.3) is 10.9 Å². The zero-order valence-electron chi connectivity index (χ0n) is 14.8. The lowest BCUT2D eigenvalue weighted by atomic mass is 9.90. The fraction of sp³-hybridized carbons (Fsp3) is 0.421. The molecular formula is C19H23N5O2. The number of benzene rings is 1. The van der Waals surface area contributed by atoms with Crippen molar-refractivity contribution < 1.29 is 9.53 Å². The van der Waals surface area contributed by atoms with E-state index in [1.807, 2.05) is 36.0 Å². The number of hydrogen-bond acceptors (Lipinski definition) is 4. The van der Waals surface area contributed by atoms with Crippen LogP contribution in [0.5, 0.6) is 0 Å². The molecule has 1 fully saturated rings. The van der Waals surface area contributed by atoms with Crippen LogP contribution in [0.4, 0.5) is 0 Å². The number of nitrogens with zero attached hydrogens (tertiary/aromatic N) is 3. The number of rotatable bonds is 5. The number of aromatic amines is 1. The summed E-state index contributed by atoms with van der Waals surface area (Å²) >= 11 is 0. The third-order valence-corrected chi connectivity index (χ3v) is 5.06. The Hall–Kier alpha value is -2.67. The summed E-state index contributed by atoms with van der Waals surface area (Å²) in [6.45, 7) is 1.47. The minimum Gasteiger partial charge on any atom is -0.381 e. The van der Waals surface area contributed by atoms with Crippen molar-refractivity contribution in [3.8, 4) is 0 Å². The molecule has 0 unspecified atom stereocenters. The molecule has 2 aromatic heterocycles. The van der Waals surface area contributed by atoms with Crippen LogP contribution in [0, 0.1) is 5.92 Å². The van der Waals surface area contributed by atoms with E-state index in [9.17, 15) is 4.79 Å². The van der Waals surface area contributed by atoms with Gasteiger partial charge >= 0.3 is 0 Å². The first kappa shape index (κ1) is 16.8. The zero-order chi connectivity index (χ0) is 17.9. The van der Waals surface area contributed by atoms with Crippen LogP contribution in [-0.4, -0.2) is 38.9 Å². The monoisotopic (exact) mass is 353 g/mol. The average Bonchev–Trinajstić information content (AvgIpc) is 3.29. The van der Waals surface area contributed by atoms with Crippen LogP contribution in [0.2, 0.25) is 0 Å². The van der Waals surface area contributed by atoms with Gasteiger partial charge in [0.15, 0.2) is 0 Å². The Bertz CT molecular complexity index is 894. The third-order valence-electron chi connectivity index (χ3n) is 5.06. The number of hydrogen-bond donors (Lipinski definition) is 2. The van der Waals surface area contributed by atoms with E-state index in [0.29, 0.717) is 12.3 Å². The minimum absolute atomic E-state index is 0.00679. The van der Waals surface area contributed by atoms with Gasteiger partial charge in [-0.15, -0.1) is 0 Å². The first-order valence-electron chi connectivity index (χ1n) is 8.97. The molecule has 26 heavy (non-hydrogen) atoms. The number of H-pyrrole nitrogens is 1. The third kappa shape index (κ3) is 3.48. The molecule has 0 aliphatic carbocycles. The van der Waals surface area contributed by atoms with Gasteiger partial charge in [0.1, 0.15) is 5.82 Å². The van der Waals surface area contributed by atoms with E-state index in [0.717, 1.165) is 48.3 Å². The number of nitrogens with one attached hydrogen (secondary N) is 2. The molecule has 4 rings (SSSR count). The van der Waals surface area contributed by atoms with Crippen molar-refractivity contribution >= 4 is 16.8 Å². The Balaban J connectivity index is 1.50. The average molecular weight is 353 g/mol. The highest BCUT2D eigenvalue weighted by Gasteiger charge is 2.29. The molecule has 1 aromatic carbocycles. The van der Waals surface area contributed by atoms with Crippen molar-refractivity contribution in [2.45, 2.75) is 25.3 Å². The smallest absolute Gasteiger partial charge is 0.225 e. The second kappa shape index (κ2) is 7.29. The highest BCUT2D eigenvalue weighted by Crippen LogP contribution is 2.29. The predicted octanol–water partition coefficient (Wildman–Crippen LogP) is 2.12. The summed E-state index contributed by atoms with van der Waals surface area (Å²) in [5.74, 6) is 1.24. The van der Waals surface area contributed by atoms with Crippen molar-refractivity contribution in [3.63, 3.8) is 0 Å². The van der Waals surface area contributed by atoms with E-state index < -0.39 is 0 Å². The molecule has 3 heterocycles. The van der Waals surface area contributed by atoms with E-state index in [1.54, 1.807) is 12.4 Å². The number of aromatic nitrogens is 4. The van der Waals surface area contributed by atoms with Gasteiger partial charge in [0.2, 0.25) is 5.91 Å². The van der Waals surface area contributed by atoms with Crippen molar-refractivity contribution in [2.24, 2.45) is 13.0 Å². The van der Waals surface area contributed by atoms with E-state index in [2.05, 4.69) is 20.5 Å². The number of fused-ring (bicyclic) bond motifs is 1. The van der Waals surface area contributed by atoms with Gasteiger partial charge in [-0.1, -0.05) is 6.07 Å². The molecule has 1 aliphatic rings. The van der Waals surface area contributed by atoms with Gasteiger partial charge in [0.25, 0.3) is 0 Å². The summed E-state index contributed by atoms with van der Waals surface area (Å²) < 4.78 is 7.47. The lowest BCUT2D eigenvalue weighted by molar-refractivity contribution is -0.122. The molecular weight excluding hydrogens is 330 g/mol. The van der Waals surface area contributed by atoms with Gasteiger partial charge in [0.05, 0.1) is 24.2 Å². The molecule has 0 saturated carbocycles. The summed E-state index contributed by atoms with van der Waals surface area (Å²) in [5.41, 5.74) is 1.95. The van der Waals surface area contributed by atoms with Gasteiger partial charge in [-0.3, -0.25) is 9.89 Å². The quantitative estimate of drug-likeness (QED) is 0.736. The van der Waals surface area contributed by atoms with Crippen LogP contribution in [0.1, 0.15) is 30.3 Å². The number of aryl methyl sites for hydroxylation is 1. The number of ether oxygens (including phenoxy) is 1. The van der Waals surface area contributed by atoms with Crippen molar-refractivity contribution in [3.05, 3.63) is 48.2 Å². The SMILES string of the molecule is Cn1ccnc1[C@@H](NC(=O)Cc1ccc2[nH]ncc2c1)C1CCOCC1. The lowest BCUT2D eigenvalue weighted by Crippen LogP contribution is -2.38. The fourth-order valence-corrected chi connectivity index (χ4v) is 3.63. The summed E-state index contributed by atoms with van der Waals surface area (Å²) in [6.07, 6.45) is 7.67.